The number of aliphatic hydroxyl groups is 1. The molecule has 1 N–H and O–H groups in total. The number of aromatic nitrogens is 3. The number of pyridine rings is 1. The molecule has 4 nitrogen and oxygen atoms in total. The van der Waals surface area contributed by atoms with Gasteiger partial charge in [-0.3, -0.25) is 0 Å². The number of aryl methyl sites for hydroxylation is 1. The number of rotatable bonds is 3. The second-order valence-electron chi connectivity index (χ2n) is 4.10. The van der Waals surface area contributed by atoms with Crippen molar-refractivity contribution in [3.8, 4) is 5.82 Å². The Kier molecular flexibility index (Phi) is 3.24. The molecule has 0 saturated carbocycles. The molecule has 0 atom stereocenters. The highest BCUT2D eigenvalue weighted by molar-refractivity contribution is 5.33. The van der Waals surface area contributed by atoms with E-state index in [0.717, 1.165) is 29.2 Å². The summed E-state index contributed by atoms with van der Waals surface area (Å²) < 4.78 is 1.86. The van der Waals surface area contributed by atoms with Crippen LogP contribution in [0.5, 0.6) is 0 Å². The highest BCUT2D eigenvalue weighted by atomic mass is 16.3. The van der Waals surface area contributed by atoms with Crippen LogP contribution in [-0.4, -0.2) is 19.9 Å². The molecule has 0 aliphatic heterocycles. The number of hydrogen-bond acceptors (Lipinski definition) is 3. The molecule has 90 valence electrons. The fraction of sp³-hybridized carbons (Fsp3) is 0.385. The first kappa shape index (κ1) is 11.8. The van der Waals surface area contributed by atoms with Crippen LogP contribution in [0, 0.1) is 13.8 Å². The van der Waals surface area contributed by atoms with E-state index in [2.05, 4.69) is 23.9 Å². The van der Waals surface area contributed by atoms with Gasteiger partial charge in [-0.15, -0.1) is 0 Å². The maximum absolute atomic E-state index is 8.98. The van der Waals surface area contributed by atoms with Crippen LogP contribution in [0.15, 0.2) is 18.3 Å². The van der Waals surface area contributed by atoms with Gasteiger partial charge in [0.05, 0.1) is 12.3 Å². The smallest absolute Gasteiger partial charge is 0.153 e. The molecule has 0 amide bonds. The van der Waals surface area contributed by atoms with Crippen molar-refractivity contribution in [3.63, 3.8) is 0 Å². The Morgan fingerprint density at radius 3 is 2.53 bits per heavy atom. The molecule has 17 heavy (non-hydrogen) atoms. The van der Waals surface area contributed by atoms with Gasteiger partial charge in [0.2, 0.25) is 0 Å². The quantitative estimate of drug-likeness (QED) is 0.878. The van der Waals surface area contributed by atoms with Gasteiger partial charge in [-0.25, -0.2) is 9.67 Å². The third kappa shape index (κ3) is 2.08. The molecular weight excluding hydrogens is 214 g/mol. The summed E-state index contributed by atoms with van der Waals surface area (Å²) in [6, 6.07) is 3.74. The third-order valence-corrected chi connectivity index (χ3v) is 3.00. The fourth-order valence-corrected chi connectivity index (χ4v) is 2.05. The third-order valence-electron chi connectivity index (χ3n) is 3.00. The topological polar surface area (TPSA) is 50.9 Å². The molecule has 2 aromatic rings. The van der Waals surface area contributed by atoms with E-state index in [-0.39, 0.29) is 6.61 Å². The molecule has 2 aromatic heterocycles. The lowest BCUT2D eigenvalue weighted by Gasteiger charge is -2.04. The Bertz CT molecular complexity index is 514. The van der Waals surface area contributed by atoms with Gasteiger partial charge in [0.15, 0.2) is 5.82 Å². The summed E-state index contributed by atoms with van der Waals surface area (Å²) in [5, 5.41) is 13.5. The molecule has 0 fully saturated rings. The lowest BCUT2D eigenvalue weighted by atomic mass is 10.1. The van der Waals surface area contributed by atoms with E-state index in [1.54, 1.807) is 6.20 Å². The van der Waals surface area contributed by atoms with Gasteiger partial charge in [-0.1, -0.05) is 13.0 Å². The van der Waals surface area contributed by atoms with Gasteiger partial charge in [0.1, 0.15) is 0 Å². The molecule has 0 aliphatic carbocycles. The molecular formula is C13H17N3O. The summed E-state index contributed by atoms with van der Waals surface area (Å²) in [5.41, 5.74) is 4.27. The maximum Gasteiger partial charge on any atom is 0.153 e. The Morgan fingerprint density at radius 1 is 1.29 bits per heavy atom. The maximum atomic E-state index is 8.98. The van der Waals surface area contributed by atoms with Gasteiger partial charge >= 0.3 is 0 Å². The van der Waals surface area contributed by atoms with Gasteiger partial charge < -0.3 is 5.11 Å². The van der Waals surface area contributed by atoms with E-state index in [1.807, 2.05) is 23.7 Å². The zero-order valence-electron chi connectivity index (χ0n) is 10.4. The highest BCUT2D eigenvalue weighted by Gasteiger charge is 2.11. The second-order valence-corrected chi connectivity index (χ2v) is 4.10. The summed E-state index contributed by atoms with van der Waals surface area (Å²) in [4.78, 5) is 4.31. The normalized spacial score (nSPS) is 10.8. The summed E-state index contributed by atoms with van der Waals surface area (Å²) in [7, 11) is 0. The van der Waals surface area contributed by atoms with Crippen molar-refractivity contribution in [1.29, 1.82) is 0 Å². The fourth-order valence-electron chi connectivity index (χ4n) is 2.05. The zero-order chi connectivity index (χ0) is 12.4. The average Bonchev–Trinajstić information content (AvgIpc) is 2.64. The van der Waals surface area contributed by atoms with Crippen molar-refractivity contribution >= 4 is 0 Å². The first-order valence-corrected chi connectivity index (χ1v) is 5.78. The Morgan fingerprint density at radius 2 is 2.06 bits per heavy atom. The second kappa shape index (κ2) is 4.67. The van der Waals surface area contributed by atoms with E-state index < -0.39 is 0 Å². The van der Waals surface area contributed by atoms with Crippen LogP contribution in [0.4, 0.5) is 0 Å². The number of nitrogens with zero attached hydrogens (tertiary/aromatic N) is 3. The molecule has 0 spiro atoms. The van der Waals surface area contributed by atoms with Crippen LogP contribution >= 0.6 is 0 Å². The molecule has 2 heterocycles. The van der Waals surface area contributed by atoms with Gasteiger partial charge in [0, 0.05) is 11.9 Å². The molecule has 0 unspecified atom stereocenters. The predicted octanol–water partition coefficient (Wildman–Crippen LogP) is 1.94. The van der Waals surface area contributed by atoms with E-state index >= 15 is 0 Å². The SMILES string of the molecule is CCc1c(C)nn(-c2ccc(CO)cn2)c1C. The van der Waals surface area contributed by atoms with Crippen molar-refractivity contribution in [2.75, 3.05) is 0 Å². The summed E-state index contributed by atoms with van der Waals surface area (Å²) in [6.07, 6.45) is 2.66. The molecule has 0 bridgehead atoms. The van der Waals surface area contributed by atoms with Crippen molar-refractivity contribution < 1.29 is 5.11 Å². The van der Waals surface area contributed by atoms with Crippen LogP contribution in [0.25, 0.3) is 5.82 Å². The van der Waals surface area contributed by atoms with E-state index in [4.69, 9.17) is 5.11 Å². The summed E-state index contributed by atoms with van der Waals surface area (Å²) in [6.45, 7) is 6.22. The summed E-state index contributed by atoms with van der Waals surface area (Å²) in [5.74, 6) is 0.794. The number of hydrogen-bond donors (Lipinski definition) is 1. The molecule has 0 saturated heterocycles. The average molecular weight is 231 g/mol. The van der Waals surface area contributed by atoms with Crippen molar-refractivity contribution in [2.24, 2.45) is 0 Å². The van der Waals surface area contributed by atoms with Crippen LogP contribution in [0.1, 0.15) is 29.4 Å². The van der Waals surface area contributed by atoms with E-state index in [9.17, 15) is 0 Å². The Hall–Kier alpha value is -1.68. The molecule has 0 aliphatic rings. The first-order valence-electron chi connectivity index (χ1n) is 5.78. The lowest BCUT2D eigenvalue weighted by molar-refractivity contribution is 0.281. The Balaban J connectivity index is 2.45. The summed E-state index contributed by atoms with van der Waals surface area (Å²) >= 11 is 0. The zero-order valence-corrected chi connectivity index (χ0v) is 10.4. The van der Waals surface area contributed by atoms with Crippen molar-refractivity contribution in [1.82, 2.24) is 14.8 Å². The van der Waals surface area contributed by atoms with Crippen molar-refractivity contribution in [3.05, 3.63) is 40.8 Å². The molecule has 2 rings (SSSR count). The highest BCUT2D eigenvalue weighted by Crippen LogP contribution is 2.17. The van der Waals surface area contributed by atoms with Crippen LogP contribution in [0.2, 0.25) is 0 Å². The lowest BCUT2D eigenvalue weighted by Crippen LogP contribution is -2.02. The predicted molar refractivity (Wildman–Crippen MR) is 66.1 cm³/mol. The largest absolute Gasteiger partial charge is 0.392 e. The molecule has 4 heteroatoms. The first-order chi connectivity index (χ1) is 8.17. The van der Waals surface area contributed by atoms with Gasteiger partial charge in [-0.2, -0.15) is 5.10 Å². The minimum atomic E-state index is 0.0185. The molecule has 0 aromatic carbocycles. The van der Waals surface area contributed by atoms with E-state index in [0.29, 0.717) is 0 Å². The van der Waals surface area contributed by atoms with Gasteiger partial charge in [-0.05, 0) is 37.5 Å². The number of aliphatic hydroxyl groups excluding tert-OH is 1. The minimum Gasteiger partial charge on any atom is -0.392 e. The van der Waals surface area contributed by atoms with E-state index in [1.165, 1.54) is 5.56 Å². The minimum absolute atomic E-state index is 0.0185. The van der Waals surface area contributed by atoms with Crippen LogP contribution < -0.4 is 0 Å². The standard InChI is InChI=1S/C13H17N3O/c1-4-12-9(2)15-16(10(12)3)13-6-5-11(8-17)7-14-13/h5-7,17H,4,8H2,1-3H3. The van der Waals surface area contributed by atoms with Crippen molar-refractivity contribution in [2.45, 2.75) is 33.8 Å². The van der Waals surface area contributed by atoms with Crippen LogP contribution in [0.3, 0.4) is 0 Å². The van der Waals surface area contributed by atoms with Crippen LogP contribution in [-0.2, 0) is 13.0 Å². The monoisotopic (exact) mass is 231 g/mol. The Labute approximate surface area is 101 Å². The molecule has 0 radical (unpaired) electrons. The van der Waals surface area contributed by atoms with Gasteiger partial charge in [0.25, 0.3) is 0 Å².